The molecule has 0 aliphatic rings. The predicted octanol–water partition coefficient (Wildman–Crippen LogP) is 0.688. The van der Waals surface area contributed by atoms with Crippen molar-refractivity contribution in [3.63, 3.8) is 0 Å². The molecule has 0 aliphatic carbocycles. The van der Waals surface area contributed by atoms with Crippen LogP contribution in [0.1, 0.15) is 32.6 Å². The highest BCUT2D eigenvalue weighted by atomic mass is 14.8. The first-order valence-corrected chi connectivity index (χ1v) is 5.36. The van der Waals surface area contributed by atoms with Gasteiger partial charge in [0.1, 0.15) is 0 Å². The van der Waals surface area contributed by atoms with Crippen molar-refractivity contribution in [2.24, 2.45) is 17.4 Å². The Morgan fingerprint density at radius 1 is 1.31 bits per heavy atom. The number of hydrogen-bond acceptors (Lipinski definition) is 3. The lowest BCUT2D eigenvalue weighted by Gasteiger charge is -2.22. The molecule has 0 saturated carbocycles. The summed E-state index contributed by atoms with van der Waals surface area (Å²) in [5.74, 6) is 0.543. The van der Waals surface area contributed by atoms with Crippen LogP contribution in [0.15, 0.2) is 0 Å². The number of hydrogen-bond donors (Lipinski definition) is 3. The summed E-state index contributed by atoms with van der Waals surface area (Å²) in [6.45, 7) is 3.80. The van der Waals surface area contributed by atoms with Gasteiger partial charge in [0.15, 0.2) is 0 Å². The van der Waals surface area contributed by atoms with Gasteiger partial charge in [0.05, 0.1) is 0 Å². The Labute approximate surface area is 82.3 Å². The molecule has 0 aliphatic heterocycles. The minimum absolute atomic E-state index is 0.157. The zero-order valence-corrected chi connectivity index (χ0v) is 9.05. The molecular weight excluding hydrogens is 162 g/mol. The fourth-order valence-electron chi connectivity index (χ4n) is 1.58. The predicted molar refractivity (Wildman–Crippen MR) is 58.6 cm³/mol. The highest BCUT2D eigenvalue weighted by Crippen LogP contribution is 2.11. The maximum Gasteiger partial charge on any atom is 0.0203 e. The third-order valence-corrected chi connectivity index (χ3v) is 2.52. The molecule has 0 aromatic heterocycles. The quantitative estimate of drug-likeness (QED) is 0.490. The molecule has 2 atom stereocenters. The van der Waals surface area contributed by atoms with Crippen molar-refractivity contribution in [1.29, 1.82) is 0 Å². The Balaban J connectivity index is 3.65. The lowest BCUT2D eigenvalue weighted by molar-refractivity contribution is 0.372. The number of rotatable bonds is 8. The zero-order chi connectivity index (χ0) is 10.1. The Hall–Kier alpha value is -0.120. The molecule has 0 amide bonds. The van der Waals surface area contributed by atoms with Crippen LogP contribution in [0.2, 0.25) is 0 Å². The van der Waals surface area contributed by atoms with E-state index < -0.39 is 0 Å². The van der Waals surface area contributed by atoms with Crippen LogP contribution in [0.5, 0.6) is 0 Å². The Morgan fingerprint density at radius 3 is 2.46 bits per heavy atom. The summed E-state index contributed by atoms with van der Waals surface area (Å²) >= 11 is 0. The van der Waals surface area contributed by atoms with E-state index in [4.69, 9.17) is 11.5 Å². The van der Waals surface area contributed by atoms with Crippen molar-refractivity contribution in [1.82, 2.24) is 5.32 Å². The summed E-state index contributed by atoms with van der Waals surface area (Å²) < 4.78 is 0. The van der Waals surface area contributed by atoms with Gasteiger partial charge in [0, 0.05) is 12.6 Å². The molecule has 3 nitrogen and oxygen atoms in total. The first-order valence-electron chi connectivity index (χ1n) is 5.36. The van der Waals surface area contributed by atoms with E-state index >= 15 is 0 Å². The van der Waals surface area contributed by atoms with Crippen molar-refractivity contribution in [2.75, 3.05) is 20.1 Å². The highest BCUT2D eigenvalue weighted by Gasteiger charge is 2.14. The molecule has 0 aromatic rings. The molecule has 0 saturated heterocycles. The average Bonchev–Trinajstić information content (AvgIpc) is 2.16. The highest BCUT2D eigenvalue weighted by molar-refractivity contribution is 4.75. The van der Waals surface area contributed by atoms with Gasteiger partial charge in [-0.25, -0.2) is 0 Å². The van der Waals surface area contributed by atoms with E-state index in [1.807, 2.05) is 7.05 Å². The number of nitrogens with two attached hydrogens (primary N) is 2. The number of nitrogens with one attached hydrogen (secondary N) is 1. The van der Waals surface area contributed by atoms with Crippen molar-refractivity contribution >= 4 is 0 Å². The van der Waals surface area contributed by atoms with E-state index in [2.05, 4.69) is 12.2 Å². The summed E-state index contributed by atoms with van der Waals surface area (Å²) in [4.78, 5) is 0. The Morgan fingerprint density at radius 2 is 2.00 bits per heavy atom. The van der Waals surface area contributed by atoms with Crippen LogP contribution in [0.3, 0.4) is 0 Å². The molecule has 0 rings (SSSR count). The molecular formula is C10H25N3. The van der Waals surface area contributed by atoms with E-state index in [9.17, 15) is 0 Å². The molecule has 2 unspecified atom stereocenters. The molecule has 0 heterocycles. The second kappa shape index (κ2) is 8.48. The van der Waals surface area contributed by atoms with Crippen LogP contribution in [0, 0.1) is 5.92 Å². The molecule has 3 heteroatoms. The Kier molecular flexibility index (Phi) is 8.40. The van der Waals surface area contributed by atoms with Gasteiger partial charge in [-0.2, -0.15) is 0 Å². The van der Waals surface area contributed by atoms with Gasteiger partial charge in [-0.15, -0.1) is 0 Å². The SMILES string of the molecule is CCCCCC(CNC)C(N)CN. The van der Waals surface area contributed by atoms with Gasteiger partial charge in [-0.1, -0.05) is 26.2 Å². The van der Waals surface area contributed by atoms with E-state index in [0.29, 0.717) is 12.5 Å². The van der Waals surface area contributed by atoms with E-state index in [1.54, 1.807) is 0 Å². The third-order valence-electron chi connectivity index (χ3n) is 2.52. The van der Waals surface area contributed by atoms with E-state index in [0.717, 1.165) is 6.54 Å². The van der Waals surface area contributed by atoms with E-state index in [1.165, 1.54) is 25.7 Å². The third kappa shape index (κ3) is 6.02. The van der Waals surface area contributed by atoms with Gasteiger partial charge in [-0.3, -0.25) is 0 Å². The van der Waals surface area contributed by atoms with Crippen LogP contribution < -0.4 is 16.8 Å². The average molecular weight is 187 g/mol. The summed E-state index contributed by atoms with van der Waals surface area (Å²) in [5.41, 5.74) is 11.5. The van der Waals surface area contributed by atoms with Gasteiger partial charge in [0.25, 0.3) is 0 Å². The molecule has 80 valence electrons. The van der Waals surface area contributed by atoms with Crippen molar-refractivity contribution < 1.29 is 0 Å². The molecule has 0 spiro atoms. The van der Waals surface area contributed by atoms with Crippen LogP contribution >= 0.6 is 0 Å². The Bertz CT molecular complexity index is 106. The minimum Gasteiger partial charge on any atom is -0.329 e. The van der Waals surface area contributed by atoms with Gasteiger partial charge >= 0.3 is 0 Å². The summed E-state index contributed by atoms with van der Waals surface area (Å²) in [5, 5.41) is 3.17. The molecule has 0 bridgehead atoms. The summed E-state index contributed by atoms with van der Waals surface area (Å²) in [6.07, 6.45) is 5.05. The monoisotopic (exact) mass is 187 g/mol. The zero-order valence-electron chi connectivity index (χ0n) is 9.05. The summed E-state index contributed by atoms with van der Waals surface area (Å²) in [6, 6.07) is 0.157. The second-order valence-electron chi connectivity index (χ2n) is 3.71. The minimum atomic E-state index is 0.157. The number of unbranched alkanes of at least 4 members (excludes halogenated alkanes) is 2. The molecule has 0 aromatic carbocycles. The smallest absolute Gasteiger partial charge is 0.0203 e. The van der Waals surface area contributed by atoms with Crippen molar-refractivity contribution in [2.45, 2.75) is 38.6 Å². The van der Waals surface area contributed by atoms with Crippen LogP contribution in [-0.4, -0.2) is 26.2 Å². The fraction of sp³-hybridized carbons (Fsp3) is 1.00. The first kappa shape index (κ1) is 12.9. The maximum absolute atomic E-state index is 5.92. The lowest BCUT2D eigenvalue weighted by Crippen LogP contribution is -2.41. The topological polar surface area (TPSA) is 64.1 Å². The fourth-order valence-corrected chi connectivity index (χ4v) is 1.58. The van der Waals surface area contributed by atoms with Crippen molar-refractivity contribution in [3.8, 4) is 0 Å². The molecule has 5 N–H and O–H groups in total. The van der Waals surface area contributed by atoms with Crippen LogP contribution in [0.25, 0.3) is 0 Å². The molecule has 0 fully saturated rings. The standard InChI is InChI=1S/C10H25N3/c1-3-4-5-6-9(8-13-2)10(12)7-11/h9-10,13H,3-8,11-12H2,1-2H3. The van der Waals surface area contributed by atoms with Crippen LogP contribution in [0.4, 0.5) is 0 Å². The second-order valence-corrected chi connectivity index (χ2v) is 3.71. The maximum atomic E-state index is 5.92. The lowest BCUT2D eigenvalue weighted by atomic mass is 9.94. The largest absolute Gasteiger partial charge is 0.329 e. The van der Waals surface area contributed by atoms with Crippen molar-refractivity contribution in [3.05, 3.63) is 0 Å². The molecule has 13 heavy (non-hydrogen) atoms. The van der Waals surface area contributed by atoms with Gasteiger partial charge in [0.2, 0.25) is 0 Å². The van der Waals surface area contributed by atoms with Gasteiger partial charge in [-0.05, 0) is 25.9 Å². The normalized spacial score (nSPS) is 15.7. The van der Waals surface area contributed by atoms with Crippen LogP contribution in [-0.2, 0) is 0 Å². The summed E-state index contributed by atoms with van der Waals surface area (Å²) in [7, 11) is 1.97. The first-order chi connectivity index (χ1) is 6.26. The van der Waals surface area contributed by atoms with Gasteiger partial charge < -0.3 is 16.8 Å². The molecule has 0 radical (unpaired) electrons. The van der Waals surface area contributed by atoms with E-state index in [-0.39, 0.29) is 6.04 Å².